The third kappa shape index (κ3) is 3.30. The van der Waals surface area contributed by atoms with Crippen LogP contribution in [0.3, 0.4) is 0 Å². The molecule has 2 N–H and O–H groups in total. The molecule has 0 saturated heterocycles. The molecule has 1 aromatic heterocycles. The highest BCUT2D eigenvalue weighted by atomic mass is 127. The van der Waals surface area contributed by atoms with Crippen LogP contribution in [-0.4, -0.2) is 17.6 Å². The average molecular weight is 346 g/mol. The zero-order valence-corrected chi connectivity index (χ0v) is 9.87. The van der Waals surface area contributed by atoms with Crippen molar-refractivity contribution < 1.29 is 22.7 Å². The number of rotatable bonds is 3. The monoisotopic (exact) mass is 346 g/mol. The van der Waals surface area contributed by atoms with E-state index in [0.29, 0.717) is 15.4 Å². The van der Waals surface area contributed by atoms with Crippen molar-refractivity contribution in [3.8, 4) is 5.88 Å². The standard InChI is InChI=1S/C8H6F3IN2O2/c9-8(10,11)16-7-1-5(12)4(2-13)6(3-15)14-7/h1,3H,2,13H2. The summed E-state index contributed by atoms with van der Waals surface area (Å²) in [7, 11) is 0. The van der Waals surface area contributed by atoms with Crippen molar-refractivity contribution in [2.75, 3.05) is 0 Å². The molecule has 1 rings (SSSR count). The maximum Gasteiger partial charge on any atom is 0.574 e. The number of aldehydes is 1. The summed E-state index contributed by atoms with van der Waals surface area (Å²) in [6.45, 7) is 0.0195. The molecule has 0 saturated carbocycles. The van der Waals surface area contributed by atoms with Crippen LogP contribution in [0, 0.1) is 3.57 Å². The predicted octanol–water partition coefficient (Wildman–Crippen LogP) is 1.86. The van der Waals surface area contributed by atoms with Crippen LogP contribution in [0.25, 0.3) is 0 Å². The molecule has 0 atom stereocenters. The largest absolute Gasteiger partial charge is 0.574 e. The first kappa shape index (κ1) is 13.2. The van der Waals surface area contributed by atoms with Crippen LogP contribution in [0.1, 0.15) is 16.1 Å². The van der Waals surface area contributed by atoms with E-state index in [1.165, 1.54) is 0 Å². The summed E-state index contributed by atoms with van der Waals surface area (Å²) in [4.78, 5) is 14.0. The van der Waals surface area contributed by atoms with Gasteiger partial charge < -0.3 is 10.5 Å². The van der Waals surface area contributed by atoms with Gasteiger partial charge in [0.1, 0.15) is 5.69 Å². The van der Waals surface area contributed by atoms with Gasteiger partial charge in [0.15, 0.2) is 6.29 Å². The molecular weight excluding hydrogens is 340 g/mol. The summed E-state index contributed by atoms with van der Waals surface area (Å²) in [6, 6.07) is 1.07. The van der Waals surface area contributed by atoms with Crippen LogP contribution in [0.4, 0.5) is 13.2 Å². The van der Waals surface area contributed by atoms with Crippen molar-refractivity contribution >= 4 is 28.9 Å². The van der Waals surface area contributed by atoms with E-state index < -0.39 is 12.2 Å². The molecule has 0 radical (unpaired) electrons. The zero-order chi connectivity index (χ0) is 12.3. The minimum absolute atomic E-state index is 0.0195. The molecule has 1 heterocycles. The van der Waals surface area contributed by atoms with Gasteiger partial charge in [-0.3, -0.25) is 4.79 Å². The molecule has 0 bridgehead atoms. The van der Waals surface area contributed by atoms with Gasteiger partial charge in [0.25, 0.3) is 0 Å². The summed E-state index contributed by atoms with van der Waals surface area (Å²) in [5.74, 6) is -0.670. The number of nitrogens with two attached hydrogens (primary N) is 1. The molecular formula is C8H6F3IN2O2. The van der Waals surface area contributed by atoms with E-state index in [-0.39, 0.29) is 12.2 Å². The van der Waals surface area contributed by atoms with Crippen LogP contribution in [0.15, 0.2) is 6.07 Å². The van der Waals surface area contributed by atoms with E-state index in [0.717, 1.165) is 6.07 Å². The first-order valence-electron chi connectivity index (χ1n) is 3.97. The normalized spacial score (nSPS) is 11.3. The maximum absolute atomic E-state index is 11.9. The average Bonchev–Trinajstić information content (AvgIpc) is 2.14. The summed E-state index contributed by atoms with van der Waals surface area (Å²) >= 11 is 1.76. The molecule has 0 fully saturated rings. The number of alkyl halides is 3. The highest BCUT2D eigenvalue weighted by Gasteiger charge is 2.32. The number of ether oxygens (including phenoxy) is 1. The van der Waals surface area contributed by atoms with Crippen LogP contribution in [0.2, 0.25) is 0 Å². The predicted molar refractivity (Wildman–Crippen MR) is 56.9 cm³/mol. The van der Waals surface area contributed by atoms with Crippen molar-refractivity contribution in [3.05, 3.63) is 20.9 Å². The zero-order valence-electron chi connectivity index (χ0n) is 7.71. The Morgan fingerprint density at radius 1 is 1.56 bits per heavy atom. The van der Waals surface area contributed by atoms with Gasteiger partial charge in [0.2, 0.25) is 5.88 Å². The van der Waals surface area contributed by atoms with E-state index >= 15 is 0 Å². The van der Waals surface area contributed by atoms with Crippen molar-refractivity contribution in [1.82, 2.24) is 4.98 Å². The van der Waals surface area contributed by atoms with Crippen LogP contribution < -0.4 is 10.5 Å². The molecule has 4 nitrogen and oxygen atoms in total. The van der Waals surface area contributed by atoms with Crippen LogP contribution in [-0.2, 0) is 6.54 Å². The smallest absolute Gasteiger partial charge is 0.388 e. The van der Waals surface area contributed by atoms with Crippen molar-refractivity contribution in [1.29, 1.82) is 0 Å². The van der Waals surface area contributed by atoms with Gasteiger partial charge in [-0.05, 0) is 22.6 Å². The van der Waals surface area contributed by atoms with E-state index in [1.807, 2.05) is 0 Å². The molecule has 8 heteroatoms. The first-order valence-corrected chi connectivity index (χ1v) is 5.05. The van der Waals surface area contributed by atoms with Crippen molar-refractivity contribution in [2.45, 2.75) is 12.9 Å². The number of carbonyl (C=O) groups excluding carboxylic acids is 1. The topological polar surface area (TPSA) is 65.2 Å². The number of hydrogen-bond donors (Lipinski definition) is 1. The Kier molecular flexibility index (Phi) is 4.08. The third-order valence-corrected chi connectivity index (χ3v) is 2.58. The molecule has 16 heavy (non-hydrogen) atoms. The minimum atomic E-state index is -4.83. The van der Waals surface area contributed by atoms with Crippen LogP contribution in [0.5, 0.6) is 5.88 Å². The number of pyridine rings is 1. The Hall–Kier alpha value is -0.900. The lowest BCUT2D eigenvalue weighted by atomic mass is 10.2. The highest BCUT2D eigenvalue weighted by Crippen LogP contribution is 2.25. The Morgan fingerprint density at radius 2 is 2.19 bits per heavy atom. The van der Waals surface area contributed by atoms with Gasteiger partial charge >= 0.3 is 6.36 Å². The summed E-state index contributed by atoms with van der Waals surface area (Å²) in [5.41, 5.74) is 5.59. The van der Waals surface area contributed by atoms with Gasteiger partial charge in [0.05, 0.1) is 0 Å². The van der Waals surface area contributed by atoms with Gasteiger partial charge in [-0.25, -0.2) is 4.98 Å². The first-order chi connectivity index (χ1) is 7.37. The second kappa shape index (κ2) is 4.95. The lowest BCUT2D eigenvalue weighted by Crippen LogP contribution is -2.19. The Bertz CT molecular complexity index is 409. The molecule has 0 aliphatic rings. The minimum Gasteiger partial charge on any atom is -0.388 e. The summed E-state index contributed by atoms with van der Waals surface area (Å²) in [5, 5.41) is 0. The Morgan fingerprint density at radius 3 is 2.62 bits per heavy atom. The van der Waals surface area contributed by atoms with E-state index in [9.17, 15) is 18.0 Å². The van der Waals surface area contributed by atoms with Crippen LogP contribution >= 0.6 is 22.6 Å². The maximum atomic E-state index is 11.9. The molecule has 0 unspecified atom stereocenters. The molecule has 1 aromatic rings. The molecule has 0 aliphatic heterocycles. The highest BCUT2D eigenvalue weighted by molar-refractivity contribution is 14.1. The van der Waals surface area contributed by atoms with Crippen molar-refractivity contribution in [2.24, 2.45) is 5.73 Å². The fourth-order valence-corrected chi connectivity index (χ4v) is 1.77. The number of carbonyl (C=O) groups is 1. The molecule has 0 spiro atoms. The van der Waals surface area contributed by atoms with Gasteiger partial charge in [-0.15, -0.1) is 13.2 Å². The van der Waals surface area contributed by atoms with E-state index in [1.54, 1.807) is 22.6 Å². The SMILES string of the molecule is NCc1c(I)cc(OC(F)(F)F)nc1C=O. The number of aromatic nitrogens is 1. The molecule has 88 valence electrons. The second-order valence-corrected chi connectivity index (χ2v) is 3.84. The fraction of sp³-hybridized carbons (Fsp3) is 0.250. The molecule has 0 aromatic carbocycles. The Balaban J connectivity index is 3.15. The molecule has 0 aliphatic carbocycles. The van der Waals surface area contributed by atoms with Gasteiger partial charge in [0, 0.05) is 21.7 Å². The number of nitrogens with zero attached hydrogens (tertiary/aromatic N) is 1. The number of halogens is 4. The van der Waals surface area contributed by atoms with Gasteiger partial charge in [-0.2, -0.15) is 0 Å². The Labute approximate surface area is 102 Å². The molecule has 0 amide bonds. The third-order valence-electron chi connectivity index (χ3n) is 1.61. The quantitative estimate of drug-likeness (QED) is 0.670. The van der Waals surface area contributed by atoms with E-state index in [2.05, 4.69) is 9.72 Å². The van der Waals surface area contributed by atoms with Crippen molar-refractivity contribution in [3.63, 3.8) is 0 Å². The lowest BCUT2D eigenvalue weighted by molar-refractivity contribution is -0.276. The van der Waals surface area contributed by atoms with Gasteiger partial charge in [-0.1, -0.05) is 0 Å². The number of hydrogen-bond acceptors (Lipinski definition) is 4. The second-order valence-electron chi connectivity index (χ2n) is 2.68. The lowest BCUT2D eigenvalue weighted by Gasteiger charge is -2.10. The van der Waals surface area contributed by atoms with E-state index in [4.69, 9.17) is 5.73 Å². The summed E-state index contributed by atoms with van der Waals surface area (Å²) < 4.78 is 39.7. The fourth-order valence-electron chi connectivity index (χ4n) is 1.01. The summed E-state index contributed by atoms with van der Waals surface area (Å²) in [6.07, 6.45) is -4.49.